The van der Waals surface area contributed by atoms with E-state index in [1.807, 2.05) is 13.8 Å². The lowest BCUT2D eigenvalue weighted by Gasteiger charge is -2.47. The fourth-order valence-electron chi connectivity index (χ4n) is 11.2. The summed E-state index contributed by atoms with van der Waals surface area (Å²) in [5.74, 6) is -2.68. The Labute approximate surface area is 519 Å². The minimum absolute atomic E-state index is 0.0000897. The van der Waals surface area contributed by atoms with E-state index < -0.39 is 161 Å². The van der Waals surface area contributed by atoms with Gasteiger partial charge in [0.25, 0.3) is 0 Å². The van der Waals surface area contributed by atoms with Crippen LogP contribution in [0.2, 0.25) is 0 Å². The van der Waals surface area contributed by atoms with E-state index in [0.29, 0.717) is 38.5 Å². The molecule has 4 fully saturated rings. The van der Waals surface area contributed by atoms with Gasteiger partial charge < -0.3 is 97.7 Å². The molecule has 0 saturated carbocycles. The molecule has 26 nitrogen and oxygen atoms in total. The van der Waals surface area contributed by atoms with Crippen molar-refractivity contribution in [2.75, 3.05) is 53.6 Å². The number of nitrogens with zero attached hydrogens (tertiary/aromatic N) is 1. The monoisotopic (exact) mass is 1260 g/mol. The molecule has 18 atom stereocenters. The average Bonchev–Trinajstić information content (AvgIpc) is 1.50. The van der Waals surface area contributed by atoms with Gasteiger partial charge in [0, 0.05) is 53.5 Å². The lowest BCUT2D eigenvalue weighted by Crippen LogP contribution is -2.64. The quantitative estimate of drug-likeness (QED) is 0.0260. The molecule has 4 aliphatic heterocycles. The van der Waals surface area contributed by atoms with Gasteiger partial charge in [-0.1, -0.05) is 97.3 Å². The third-order valence-corrected chi connectivity index (χ3v) is 15.9. The van der Waals surface area contributed by atoms with Crippen LogP contribution in [0.15, 0.2) is 0 Å². The van der Waals surface area contributed by atoms with Gasteiger partial charge in [-0.2, -0.15) is 0 Å². The molecule has 0 aromatic carbocycles. The molecule has 0 aromatic rings. The van der Waals surface area contributed by atoms with Crippen LogP contribution in [-0.2, 0) is 85.6 Å². The molecule has 2 unspecified atom stereocenters. The van der Waals surface area contributed by atoms with Crippen molar-refractivity contribution in [2.24, 2.45) is 5.92 Å². The van der Waals surface area contributed by atoms with E-state index in [-0.39, 0.29) is 17.6 Å². The number of aliphatic hydroxyl groups excluding tert-OH is 6. The average molecular weight is 1270 g/mol. The number of ether oxygens (including phenoxy) is 12. The zero-order chi connectivity index (χ0) is 64.7. The smallest absolute Gasteiger partial charge is 0.303 e. The summed E-state index contributed by atoms with van der Waals surface area (Å²) in [5, 5.41) is 71.5. The standard InChI is InChI=1S/C62H108N2O24/c1-38(2)33-46(44(70)29-23-18-15-17-22-28-43(69)27-21-16-13-11-9-10-12-14-19-24-30-50(72)63-31-25-20-26-32-64(7)8)85-61-57(88-60-53(75)51(73)47(35-78-60)81-39(3)65)55(45(71)34-77-61)87-59-54(76)52(74)48(36-79-59)86-62-58(84-42(6)68)56(83-41(5)67)49(37-80-62)82-40(4)66/h38,44-49,51-62,70-71,73-76H,9-37H2,1-8H3,(H,63,72)/t44?,45-,46?,47+,48-,49+,51+,52+,53-,54-,55+,56+,57-,58-,59+,60+,61+,62+/m1/s1. The number of ketones is 1. The molecule has 4 aliphatic rings. The number of nitrogens with one attached hydrogen (secondary N) is 1. The number of esters is 4. The fraction of sp³-hybridized carbons (Fsp3) is 0.903. The number of rotatable bonds is 42. The molecule has 0 bridgehead atoms. The molecule has 4 rings (SSSR count). The maximum atomic E-state index is 12.7. The number of Topliss-reactive ketones (excluding diaryl/α,β-unsaturated/α-hetero) is 1. The number of carbonyl (C=O) groups is 6. The topological polar surface area (TPSA) is 350 Å². The maximum absolute atomic E-state index is 12.7. The van der Waals surface area contributed by atoms with Gasteiger partial charge in [0.2, 0.25) is 5.91 Å². The summed E-state index contributed by atoms with van der Waals surface area (Å²) in [7, 11) is 4.15. The second kappa shape index (κ2) is 41.8. The normalized spacial score (nSPS) is 29.9. The van der Waals surface area contributed by atoms with Crippen LogP contribution in [-0.4, -0.2) is 235 Å². The second-order valence-corrected chi connectivity index (χ2v) is 24.6. The minimum atomic E-state index is -1.93. The highest BCUT2D eigenvalue weighted by Gasteiger charge is 2.54. The Morgan fingerprint density at radius 1 is 0.477 bits per heavy atom. The second-order valence-electron chi connectivity index (χ2n) is 24.6. The van der Waals surface area contributed by atoms with Crippen molar-refractivity contribution in [3.05, 3.63) is 0 Å². The van der Waals surface area contributed by atoms with Crippen molar-refractivity contribution in [3.63, 3.8) is 0 Å². The van der Waals surface area contributed by atoms with Crippen molar-refractivity contribution >= 4 is 35.6 Å². The Kier molecular flexibility index (Phi) is 36.5. The van der Waals surface area contributed by atoms with Gasteiger partial charge in [-0.15, -0.1) is 0 Å². The molecular formula is C62H108N2O24. The molecule has 0 spiro atoms. The Hall–Kier alpha value is -3.58. The van der Waals surface area contributed by atoms with Gasteiger partial charge >= 0.3 is 23.9 Å². The van der Waals surface area contributed by atoms with Gasteiger partial charge in [-0.25, -0.2) is 0 Å². The fourth-order valence-corrected chi connectivity index (χ4v) is 11.2. The third-order valence-electron chi connectivity index (χ3n) is 15.9. The number of carbonyl (C=O) groups excluding carboxylic acids is 6. The van der Waals surface area contributed by atoms with E-state index >= 15 is 0 Å². The van der Waals surface area contributed by atoms with Gasteiger partial charge in [0.15, 0.2) is 49.6 Å². The van der Waals surface area contributed by atoms with Crippen LogP contribution in [0.4, 0.5) is 0 Å². The molecule has 4 heterocycles. The lowest BCUT2D eigenvalue weighted by atomic mass is 9.96. The third kappa shape index (κ3) is 28.5. The summed E-state index contributed by atoms with van der Waals surface area (Å²) >= 11 is 0. The Morgan fingerprint density at radius 2 is 0.932 bits per heavy atom. The minimum Gasteiger partial charge on any atom is -0.457 e. The summed E-state index contributed by atoms with van der Waals surface area (Å²) in [4.78, 5) is 75.0. The van der Waals surface area contributed by atoms with Crippen molar-refractivity contribution in [3.8, 4) is 0 Å². The predicted octanol–water partition coefficient (Wildman–Crippen LogP) is 3.72. The molecule has 510 valence electrons. The van der Waals surface area contributed by atoms with Gasteiger partial charge in [-0.05, 0) is 71.5 Å². The molecule has 0 radical (unpaired) electrons. The lowest BCUT2D eigenvalue weighted by molar-refractivity contribution is -0.379. The van der Waals surface area contributed by atoms with E-state index in [2.05, 4.69) is 24.3 Å². The first-order valence-electron chi connectivity index (χ1n) is 32.2. The van der Waals surface area contributed by atoms with Crippen molar-refractivity contribution < 1.29 is 116 Å². The number of hydrogen-bond acceptors (Lipinski definition) is 25. The van der Waals surface area contributed by atoms with Crippen molar-refractivity contribution in [1.29, 1.82) is 0 Å². The van der Waals surface area contributed by atoms with Gasteiger partial charge in [-0.3, -0.25) is 28.8 Å². The van der Waals surface area contributed by atoms with Gasteiger partial charge in [0.1, 0.15) is 54.6 Å². The van der Waals surface area contributed by atoms with E-state index in [0.717, 1.165) is 124 Å². The largest absolute Gasteiger partial charge is 0.457 e. The summed E-state index contributed by atoms with van der Waals surface area (Å²) in [6, 6.07) is 0. The van der Waals surface area contributed by atoms with Crippen LogP contribution in [0.3, 0.4) is 0 Å². The van der Waals surface area contributed by atoms with Crippen LogP contribution >= 0.6 is 0 Å². The maximum Gasteiger partial charge on any atom is 0.303 e. The van der Waals surface area contributed by atoms with Gasteiger partial charge in [0.05, 0.1) is 38.6 Å². The summed E-state index contributed by atoms with van der Waals surface area (Å²) in [6.07, 6.45) is -6.35. The van der Waals surface area contributed by atoms with Crippen LogP contribution < -0.4 is 5.32 Å². The first-order chi connectivity index (χ1) is 41.9. The number of amides is 1. The zero-order valence-electron chi connectivity index (χ0n) is 53.5. The van der Waals surface area contributed by atoms with Crippen LogP contribution in [0.5, 0.6) is 0 Å². The Bertz CT molecular complexity index is 2020. The zero-order valence-corrected chi connectivity index (χ0v) is 53.5. The van der Waals surface area contributed by atoms with E-state index in [4.69, 9.17) is 56.8 Å². The Morgan fingerprint density at radius 3 is 1.49 bits per heavy atom. The van der Waals surface area contributed by atoms with Crippen molar-refractivity contribution in [1.82, 2.24) is 10.2 Å². The Balaban J connectivity index is 1.25. The molecular weight excluding hydrogens is 1160 g/mol. The van der Waals surface area contributed by atoms with E-state index in [1.54, 1.807) is 0 Å². The number of aliphatic hydroxyl groups is 6. The molecule has 0 aromatic heterocycles. The highest BCUT2D eigenvalue weighted by Crippen LogP contribution is 2.34. The summed E-state index contributed by atoms with van der Waals surface area (Å²) < 4.78 is 69.4. The van der Waals surface area contributed by atoms with Crippen LogP contribution in [0, 0.1) is 5.92 Å². The van der Waals surface area contributed by atoms with E-state index in [9.17, 15) is 59.4 Å². The van der Waals surface area contributed by atoms with Crippen LogP contribution in [0.25, 0.3) is 0 Å². The molecule has 1 amide bonds. The highest BCUT2D eigenvalue weighted by atomic mass is 16.8. The summed E-state index contributed by atoms with van der Waals surface area (Å²) in [6.45, 7) is 8.36. The number of unbranched alkanes of at least 4 members (excludes halogenated alkanes) is 15. The molecule has 26 heteroatoms. The van der Waals surface area contributed by atoms with Crippen molar-refractivity contribution in [2.45, 2.75) is 300 Å². The SMILES string of the molecule is CC(=O)O[C@@H]1[C@@H](OC(C)=O)[C@H](O[C@@H]2CO[C@@H](O[C@@H]3[C@@H](O[C@@H]4OC[C@H](OC(C)=O)[C@H](O)[C@H]4O)[C@H](OC(CC(C)C)C(O)CCCCCCCC(=O)CCCCCCCCCCCCC(=O)NCCCCCN(C)C)OC[C@H]3O)[C@H](O)[C@H]2O)OC[C@@H]1OC(C)=O. The van der Waals surface area contributed by atoms with Crippen LogP contribution in [0.1, 0.15) is 189 Å². The molecule has 7 N–H and O–H groups in total. The molecule has 0 aliphatic carbocycles. The highest BCUT2D eigenvalue weighted by molar-refractivity contribution is 5.78. The molecule has 4 saturated heterocycles. The molecule has 88 heavy (non-hydrogen) atoms. The van der Waals surface area contributed by atoms with E-state index in [1.165, 1.54) is 25.7 Å². The predicted molar refractivity (Wildman–Crippen MR) is 314 cm³/mol. The first kappa shape index (κ1) is 76.9. The summed E-state index contributed by atoms with van der Waals surface area (Å²) in [5.41, 5.74) is 0. The first-order valence-corrected chi connectivity index (χ1v) is 32.2. The number of hydrogen-bond donors (Lipinski definition) is 7.